The number of allylic oxidation sites excluding steroid dienone is 1. The van der Waals surface area contributed by atoms with E-state index in [1.54, 1.807) is 6.92 Å². The highest BCUT2D eigenvalue weighted by molar-refractivity contribution is 6.07. The number of hydrogen-bond donors (Lipinski definition) is 2. The van der Waals surface area contributed by atoms with E-state index < -0.39 is 27.7 Å². The van der Waals surface area contributed by atoms with Crippen LogP contribution < -0.4 is 10.1 Å². The molecule has 7 heteroatoms. The molecule has 1 aromatic rings. The molecule has 2 bridgehead atoms. The van der Waals surface area contributed by atoms with Gasteiger partial charge in [-0.2, -0.15) is 0 Å². The Labute approximate surface area is 201 Å². The molecule has 5 aliphatic heterocycles. The molecule has 2 amide bonds. The molecule has 182 valence electrons. The van der Waals surface area contributed by atoms with Crippen LogP contribution in [0.15, 0.2) is 24.3 Å². The molecule has 4 atom stereocenters. The molecule has 6 rings (SSSR count). The van der Waals surface area contributed by atoms with Crippen molar-refractivity contribution in [3.63, 3.8) is 0 Å². The maximum absolute atomic E-state index is 13.8. The van der Waals surface area contributed by atoms with Crippen LogP contribution in [-0.4, -0.2) is 69.1 Å². The van der Waals surface area contributed by atoms with Crippen LogP contribution in [0.5, 0.6) is 5.75 Å². The second-order valence-corrected chi connectivity index (χ2v) is 11.9. The standard InChI is InChI=1S/C27H35N3O4/c1-6-26(14-25-15-27(22(32)29(25)5)24(4,33)12-13-30(27)16-25)18-9-10-19-17(20(18)28-21(26)31)8-7-11-23(2,3)34-19/h7,9-11,33H,6,8,12-16H2,1-5H3,(H,28,31)/t24-,25+,26+,27+/m1/s1. The van der Waals surface area contributed by atoms with E-state index in [2.05, 4.69) is 29.3 Å². The number of fused-ring (bicyclic) bond motifs is 4. The zero-order chi connectivity index (χ0) is 24.3. The van der Waals surface area contributed by atoms with E-state index in [-0.39, 0.29) is 11.8 Å². The van der Waals surface area contributed by atoms with Gasteiger partial charge in [0, 0.05) is 32.1 Å². The topological polar surface area (TPSA) is 82.1 Å². The third-order valence-corrected chi connectivity index (χ3v) is 9.65. The molecule has 3 fully saturated rings. The molecule has 34 heavy (non-hydrogen) atoms. The van der Waals surface area contributed by atoms with Gasteiger partial charge in [-0.25, -0.2) is 0 Å². The average Bonchev–Trinajstić information content (AvgIpc) is 3.36. The number of likely N-dealkylation sites (tertiary alicyclic amines) is 1. The lowest BCUT2D eigenvalue weighted by atomic mass is 9.68. The number of aliphatic hydroxyl groups is 1. The summed E-state index contributed by atoms with van der Waals surface area (Å²) in [4.78, 5) is 31.4. The van der Waals surface area contributed by atoms with E-state index in [1.165, 1.54) is 0 Å². The highest BCUT2D eigenvalue weighted by atomic mass is 16.5. The van der Waals surface area contributed by atoms with E-state index in [4.69, 9.17) is 4.74 Å². The number of nitrogens with zero attached hydrogens (tertiary/aromatic N) is 2. The Bertz CT molecular complexity index is 1160. The quantitative estimate of drug-likeness (QED) is 0.671. The predicted molar refractivity (Wildman–Crippen MR) is 129 cm³/mol. The lowest BCUT2D eigenvalue weighted by Gasteiger charge is -2.45. The zero-order valence-electron chi connectivity index (χ0n) is 20.8. The summed E-state index contributed by atoms with van der Waals surface area (Å²) in [7, 11) is 1.86. The maximum Gasteiger partial charge on any atom is 0.246 e. The minimum atomic E-state index is -1.06. The monoisotopic (exact) mass is 465 g/mol. The first-order valence-corrected chi connectivity index (χ1v) is 12.5. The summed E-state index contributed by atoms with van der Waals surface area (Å²) >= 11 is 0. The third-order valence-electron chi connectivity index (χ3n) is 9.65. The van der Waals surface area contributed by atoms with Crippen LogP contribution in [0.1, 0.15) is 64.5 Å². The number of likely N-dealkylation sites (N-methyl/N-ethyl adjacent to an activating group) is 1. The minimum absolute atomic E-state index is 0.000815. The Morgan fingerprint density at radius 2 is 1.97 bits per heavy atom. The van der Waals surface area contributed by atoms with Gasteiger partial charge in [0.2, 0.25) is 11.8 Å². The van der Waals surface area contributed by atoms with E-state index in [1.807, 2.05) is 37.9 Å². The summed E-state index contributed by atoms with van der Waals surface area (Å²) in [6.45, 7) is 9.34. The Morgan fingerprint density at radius 3 is 2.71 bits per heavy atom. The fraction of sp³-hybridized carbons (Fsp3) is 0.630. The van der Waals surface area contributed by atoms with Crippen LogP contribution in [0, 0.1) is 0 Å². The lowest BCUT2D eigenvalue weighted by molar-refractivity contribution is -0.152. The van der Waals surface area contributed by atoms with Crippen LogP contribution >= 0.6 is 0 Å². The molecular formula is C27H35N3O4. The van der Waals surface area contributed by atoms with Gasteiger partial charge >= 0.3 is 0 Å². The van der Waals surface area contributed by atoms with Crippen molar-refractivity contribution >= 4 is 17.5 Å². The number of anilines is 1. The molecule has 5 heterocycles. The van der Waals surface area contributed by atoms with E-state index in [0.29, 0.717) is 45.2 Å². The predicted octanol–water partition coefficient (Wildman–Crippen LogP) is 2.76. The number of nitrogens with one attached hydrogen (secondary N) is 1. The van der Waals surface area contributed by atoms with Gasteiger partial charge in [0.25, 0.3) is 0 Å². The smallest absolute Gasteiger partial charge is 0.246 e. The summed E-state index contributed by atoms with van der Waals surface area (Å²) < 4.78 is 6.27. The molecule has 2 N–H and O–H groups in total. The van der Waals surface area contributed by atoms with Gasteiger partial charge in [-0.05, 0) is 64.2 Å². The lowest BCUT2D eigenvalue weighted by Crippen LogP contribution is -2.64. The molecule has 1 spiro atoms. The highest BCUT2D eigenvalue weighted by Crippen LogP contribution is 2.61. The van der Waals surface area contributed by atoms with Gasteiger partial charge in [-0.15, -0.1) is 0 Å². The number of ether oxygens (including phenoxy) is 1. The molecule has 7 nitrogen and oxygen atoms in total. The summed E-state index contributed by atoms with van der Waals surface area (Å²) in [5.41, 5.74) is -0.657. The zero-order valence-corrected chi connectivity index (χ0v) is 20.8. The van der Waals surface area contributed by atoms with Gasteiger partial charge in [-0.3, -0.25) is 14.5 Å². The number of hydrogen-bond acceptors (Lipinski definition) is 5. The fourth-order valence-electron chi connectivity index (χ4n) is 7.71. The number of carbonyl (C=O) groups is 2. The maximum atomic E-state index is 13.8. The molecule has 5 aliphatic rings. The summed E-state index contributed by atoms with van der Waals surface area (Å²) in [5.74, 6) is 0.804. The Kier molecular flexibility index (Phi) is 4.18. The van der Waals surface area contributed by atoms with Crippen molar-refractivity contribution in [2.75, 3.05) is 25.5 Å². The van der Waals surface area contributed by atoms with E-state index >= 15 is 0 Å². The first-order valence-electron chi connectivity index (χ1n) is 12.5. The molecule has 0 saturated carbocycles. The number of piperazine rings is 1. The van der Waals surface area contributed by atoms with Crippen molar-refractivity contribution < 1.29 is 19.4 Å². The number of benzene rings is 1. The fourth-order valence-corrected chi connectivity index (χ4v) is 7.71. The number of carbonyl (C=O) groups excluding carboxylic acids is 2. The van der Waals surface area contributed by atoms with Gasteiger partial charge in [0.05, 0.1) is 22.2 Å². The first kappa shape index (κ1) is 22.1. The second-order valence-electron chi connectivity index (χ2n) is 11.9. The van der Waals surface area contributed by atoms with Crippen LogP contribution in [0.2, 0.25) is 0 Å². The normalized spacial score (nSPS) is 39.5. The van der Waals surface area contributed by atoms with Crippen LogP contribution in [0.3, 0.4) is 0 Å². The van der Waals surface area contributed by atoms with Crippen LogP contribution in [0.25, 0.3) is 0 Å². The van der Waals surface area contributed by atoms with Crippen LogP contribution in [0.4, 0.5) is 5.69 Å². The Morgan fingerprint density at radius 1 is 1.21 bits per heavy atom. The Hall–Kier alpha value is -2.38. The van der Waals surface area contributed by atoms with Crippen LogP contribution in [-0.2, 0) is 21.4 Å². The Balaban J connectivity index is 1.44. The van der Waals surface area contributed by atoms with Crippen molar-refractivity contribution in [1.29, 1.82) is 0 Å². The van der Waals surface area contributed by atoms with Crippen molar-refractivity contribution in [2.24, 2.45) is 0 Å². The van der Waals surface area contributed by atoms with Crippen molar-refractivity contribution in [3.8, 4) is 5.75 Å². The van der Waals surface area contributed by atoms with Gasteiger partial charge in [0.1, 0.15) is 16.9 Å². The van der Waals surface area contributed by atoms with Gasteiger partial charge in [-0.1, -0.05) is 19.1 Å². The molecule has 0 aromatic heterocycles. The largest absolute Gasteiger partial charge is 0.483 e. The summed E-state index contributed by atoms with van der Waals surface area (Å²) in [6.07, 6.45) is 7.23. The SMILES string of the molecule is CC[C@@]1(C[C@@]23CN4CC[C@@](C)(O)[C@]4(C2)C(=O)N3C)C(=O)Nc2c1ccc1c2CC=CC(C)(C)O1. The third kappa shape index (κ3) is 2.44. The first-order chi connectivity index (χ1) is 15.9. The number of amides is 2. The average molecular weight is 466 g/mol. The summed E-state index contributed by atoms with van der Waals surface area (Å²) in [5, 5.41) is 14.5. The van der Waals surface area contributed by atoms with Crippen molar-refractivity contribution in [3.05, 3.63) is 35.4 Å². The molecular weight excluding hydrogens is 430 g/mol. The van der Waals surface area contributed by atoms with Gasteiger partial charge in [0.15, 0.2) is 0 Å². The van der Waals surface area contributed by atoms with E-state index in [9.17, 15) is 14.7 Å². The number of rotatable bonds is 3. The minimum Gasteiger partial charge on any atom is -0.483 e. The molecule has 0 unspecified atom stereocenters. The molecule has 0 radical (unpaired) electrons. The molecule has 1 aromatic carbocycles. The van der Waals surface area contributed by atoms with Crippen molar-refractivity contribution in [1.82, 2.24) is 9.80 Å². The summed E-state index contributed by atoms with van der Waals surface area (Å²) in [6, 6.07) is 4.06. The molecule has 0 aliphatic carbocycles. The second kappa shape index (κ2) is 6.43. The van der Waals surface area contributed by atoms with Gasteiger partial charge < -0.3 is 20.1 Å². The molecule has 3 saturated heterocycles. The van der Waals surface area contributed by atoms with E-state index in [0.717, 1.165) is 22.6 Å². The van der Waals surface area contributed by atoms with Crippen molar-refractivity contribution in [2.45, 2.75) is 87.5 Å². The highest BCUT2D eigenvalue weighted by Gasteiger charge is 2.76.